The first kappa shape index (κ1) is 19.9. The number of nitrogens with one attached hydrogen (secondary N) is 2. The van der Waals surface area contributed by atoms with Gasteiger partial charge in [0.15, 0.2) is 11.5 Å². The van der Waals surface area contributed by atoms with Gasteiger partial charge in [0.1, 0.15) is 10.8 Å². The lowest BCUT2D eigenvalue weighted by Gasteiger charge is -2.10. The van der Waals surface area contributed by atoms with E-state index in [1.807, 2.05) is 0 Å². The van der Waals surface area contributed by atoms with Crippen LogP contribution in [0.5, 0.6) is 11.5 Å². The third-order valence-electron chi connectivity index (χ3n) is 5.02. The Labute approximate surface area is 177 Å². The average Bonchev–Trinajstić information content (AvgIpc) is 2.91. The summed E-state index contributed by atoms with van der Waals surface area (Å²) in [5.41, 5.74) is 1.64. The topological polar surface area (TPSA) is 112 Å². The van der Waals surface area contributed by atoms with Crippen molar-refractivity contribution in [1.29, 1.82) is 0 Å². The number of fused-ring (bicyclic) bond motifs is 1. The molecule has 2 aromatic heterocycles. The molecule has 0 spiro atoms. The zero-order valence-corrected chi connectivity index (χ0v) is 17.0. The predicted octanol–water partition coefficient (Wildman–Crippen LogP) is 4.33. The van der Waals surface area contributed by atoms with Crippen molar-refractivity contribution in [3.8, 4) is 11.5 Å². The highest BCUT2D eigenvalue weighted by Gasteiger charge is 2.26. The second-order valence-electron chi connectivity index (χ2n) is 7.10. The Balaban J connectivity index is 1.67. The fourth-order valence-corrected chi connectivity index (χ4v) is 4.81. The lowest BCUT2D eigenvalue weighted by atomic mass is 10.0. The Kier molecular flexibility index (Phi) is 5.67. The molecule has 0 unspecified atom stereocenters. The molecule has 0 aliphatic heterocycles. The Morgan fingerprint density at radius 1 is 0.933 bits per heavy atom. The van der Waals surface area contributed by atoms with E-state index in [1.165, 1.54) is 29.5 Å². The van der Waals surface area contributed by atoms with Gasteiger partial charge in [0.25, 0.3) is 11.8 Å². The monoisotopic (exact) mass is 423 g/mol. The summed E-state index contributed by atoms with van der Waals surface area (Å²) in [6.07, 6.45) is 6.41. The first-order chi connectivity index (χ1) is 14.5. The van der Waals surface area contributed by atoms with Gasteiger partial charge in [-0.1, -0.05) is 12.5 Å². The molecular weight excluding hydrogens is 402 g/mol. The summed E-state index contributed by atoms with van der Waals surface area (Å²) < 4.78 is 0. The van der Waals surface area contributed by atoms with Crippen LogP contribution >= 0.6 is 11.3 Å². The molecule has 154 valence electrons. The number of phenolic OH excluding ortho intramolecular Hbond substituents is 2. The fraction of sp³-hybridized carbons (Fsp3) is 0.227. The molecule has 7 nitrogen and oxygen atoms in total. The van der Waals surface area contributed by atoms with Crippen LogP contribution in [0, 0.1) is 0 Å². The summed E-state index contributed by atoms with van der Waals surface area (Å²) >= 11 is 1.42. The van der Waals surface area contributed by atoms with Crippen LogP contribution < -0.4 is 10.6 Å². The van der Waals surface area contributed by atoms with E-state index in [9.17, 15) is 19.8 Å². The number of hydrogen-bond acceptors (Lipinski definition) is 6. The van der Waals surface area contributed by atoms with Crippen LogP contribution in [-0.2, 0) is 12.8 Å². The van der Waals surface area contributed by atoms with Crippen molar-refractivity contribution in [2.75, 3.05) is 10.6 Å². The number of anilines is 2. The van der Waals surface area contributed by atoms with Gasteiger partial charge in [-0.25, -0.2) is 4.98 Å². The van der Waals surface area contributed by atoms with Crippen molar-refractivity contribution in [3.05, 3.63) is 64.2 Å². The number of aryl methyl sites for hydroxylation is 1. The molecule has 8 heteroatoms. The molecule has 0 fully saturated rings. The third kappa shape index (κ3) is 4.13. The van der Waals surface area contributed by atoms with Gasteiger partial charge in [-0.3, -0.25) is 9.59 Å². The van der Waals surface area contributed by atoms with Gasteiger partial charge < -0.3 is 20.8 Å². The van der Waals surface area contributed by atoms with Crippen molar-refractivity contribution in [2.24, 2.45) is 0 Å². The summed E-state index contributed by atoms with van der Waals surface area (Å²) in [6, 6.07) is 9.12. The second-order valence-corrected chi connectivity index (χ2v) is 8.20. The maximum Gasteiger partial charge on any atom is 0.260 e. The molecule has 0 radical (unpaired) electrons. The Morgan fingerprint density at radius 3 is 2.53 bits per heavy atom. The van der Waals surface area contributed by atoms with E-state index in [-0.39, 0.29) is 23.0 Å². The molecule has 4 N–H and O–H groups in total. The van der Waals surface area contributed by atoms with Gasteiger partial charge in [-0.05, 0) is 61.6 Å². The number of carbonyl (C=O) groups excluding carboxylic acids is 2. The highest BCUT2D eigenvalue weighted by atomic mass is 32.1. The van der Waals surface area contributed by atoms with Crippen molar-refractivity contribution in [1.82, 2.24) is 4.98 Å². The first-order valence-electron chi connectivity index (χ1n) is 9.73. The summed E-state index contributed by atoms with van der Waals surface area (Å²) in [4.78, 5) is 31.1. The van der Waals surface area contributed by atoms with E-state index >= 15 is 0 Å². The molecule has 0 atom stereocenters. The number of aromatic hydroxyl groups is 2. The van der Waals surface area contributed by atoms with E-state index in [0.717, 1.165) is 42.5 Å². The normalized spacial score (nSPS) is 13.2. The lowest BCUT2D eigenvalue weighted by Crippen LogP contribution is -2.18. The fourth-order valence-electron chi connectivity index (χ4n) is 3.53. The summed E-state index contributed by atoms with van der Waals surface area (Å²) in [5, 5.41) is 25.3. The average molecular weight is 423 g/mol. The van der Waals surface area contributed by atoms with Gasteiger partial charge in [-0.2, -0.15) is 0 Å². The van der Waals surface area contributed by atoms with Gasteiger partial charge in [0.05, 0.1) is 5.56 Å². The van der Waals surface area contributed by atoms with E-state index in [4.69, 9.17) is 0 Å². The summed E-state index contributed by atoms with van der Waals surface area (Å²) in [6.45, 7) is 0. The minimum absolute atomic E-state index is 0.185. The Hall–Kier alpha value is -3.39. The largest absolute Gasteiger partial charge is 0.504 e. The number of phenols is 2. The molecule has 1 aliphatic rings. The number of hydrogen-bond donors (Lipinski definition) is 4. The van der Waals surface area contributed by atoms with Crippen LogP contribution in [0.2, 0.25) is 0 Å². The van der Waals surface area contributed by atoms with E-state index < -0.39 is 5.91 Å². The SMILES string of the molecule is O=C(Nc1sc2c(c1C(=O)Nc1ccccn1)CCCCC2)c1ccc(O)c(O)c1. The second kappa shape index (κ2) is 8.54. The van der Waals surface area contributed by atoms with Crippen LogP contribution in [0.1, 0.15) is 50.4 Å². The quantitative estimate of drug-likeness (QED) is 0.369. The molecule has 0 bridgehead atoms. The maximum atomic E-state index is 13.1. The number of pyridine rings is 1. The van der Waals surface area contributed by atoms with Gasteiger partial charge in [0.2, 0.25) is 0 Å². The van der Waals surface area contributed by atoms with E-state index in [0.29, 0.717) is 16.4 Å². The van der Waals surface area contributed by atoms with E-state index in [1.54, 1.807) is 24.4 Å². The van der Waals surface area contributed by atoms with Crippen LogP contribution in [-0.4, -0.2) is 27.0 Å². The van der Waals surface area contributed by atoms with E-state index in [2.05, 4.69) is 15.6 Å². The number of aromatic nitrogens is 1. The molecule has 2 heterocycles. The number of nitrogens with zero attached hydrogens (tertiary/aromatic N) is 1. The molecule has 0 saturated carbocycles. The number of amides is 2. The molecule has 3 aromatic rings. The van der Waals surface area contributed by atoms with Crippen LogP contribution in [0.15, 0.2) is 42.6 Å². The number of benzene rings is 1. The zero-order chi connectivity index (χ0) is 21.1. The third-order valence-corrected chi connectivity index (χ3v) is 6.23. The van der Waals surface area contributed by atoms with Crippen LogP contribution in [0.4, 0.5) is 10.8 Å². The number of thiophene rings is 1. The molecule has 0 saturated heterocycles. The number of carbonyl (C=O) groups is 2. The van der Waals surface area contributed by atoms with Gasteiger partial charge in [0, 0.05) is 16.6 Å². The van der Waals surface area contributed by atoms with Crippen molar-refractivity contribution >= 4 is 34.0 Å². The molecule has 2 amide bonds. The molecule has 4 rings (SSSR count). The Morgan fingerprint density at radius 2 is 1.77 bits per heavy atom. The Bertz CT molecular complexity index is 1100. The maximum absolute atomic E-state index is 13.1. The highest BCUT2D eigenvalue weighted by Crippen LogP contribution is 2.38. The smallest absolute Gasteiger partial charge is 0.260 e. The molecular formula is C22H21N3O4S. The first-order valence-corrected chi connectivity index (χ1v) is 10.5. The van der Waals surface area contributed by atoms with Crippen LogP contribution in [0.25, 0.3) is 0 Å². The minimum atomic E-state index is -0.464. The van der Waals surface area contributed by atoms with Crippen molar-refractivity contribution in [3.63, 3.8) is 0 Å². The number of rotatable bonds is 4. The van der Waals surface area contributed by atoms with Gasteiger partial charge >= 0.3 is 0 Å². The van der Waals surface area contributed by atoms with Crippen molar-refractivity contribution < 1.29 is 19.8 Å². The molecule has 1 aromatic carbocycles. The lowest BCUT2D eigenvalue weighted by molar-refractivity contribution is 0.102. The van der Waals surface area contributed by atoms with Gasteiger partial charge in [-0.15, -0.1) is 11.3 Å². The zero-order valence-electron chi connectivity index (χ0n) is 16.1. The summed E-state index contributed by atoms with van der Waals surface area (Å²) in [5.74, 6) is -1.01. The standard InChI is InChI=1S/C22H21N3O4S/c26-15-10-9-13(12-16(15)27)20(28)25-22-19(14-6-2-1-3-7-17(14)30-22)21(29)24-18-8-4-5-11-23-18/h4-5,8-12,26-27H,1-3,6-7H2,(H,25,28)(H,23,24,29). The van der Waals surface area contributed by atoms with Crippen LogP contribution in [0.3, 0.4) is 0 Å². The molecule has 30 heavy (non-hydrogen) atoms. The van der Waals surface area contributed by atoms with Crippen molar-refractivity contribution in [2.45, 2.75) is 32.1 Å². The molecule has 1 aliphatic carbocycles. The highest BCUT2D eigenvalue weighted by molar-refractivity contribution is 7.17. The minimum Gasteiger partial charge on any atom is -0.504 e. The predicted molar refractivity (Wildman–Crippen MR) is 115 cm³/mol. The summed E-state index contributed by atoms with van der Waals surface area (Å²) in [7, 11) is 0.